The molecule has 0 aliphatic carbocycles. The van der Waals surface area contributed by atoms with Crippen LogP contribution in [-0.2, 0) is 11.3 Å². The van der Waals surface area contributed by atoms with Gasteiger partial charge < -0.3 is 10.1 Å². The number of H-pyrrole nitrogens is 1. The van der Waals surface area contributed by atoms with Gasteiger partial charge in [-0.25, -0.2) is 19.5 Å². The molecule has 0 aliphatic heterocycles. The Morgan fingerprint density at radius 2 is 2.12 bits per heavy atom. The standard InChI is InChI=1S/C16H13ClN4O4/c1-9(22)21(20-3-2-18-8-20)7-11-5-12(17)4-10-6-13(16(24)25)15(23)19-14(10)11/h2-6,8H,7H2,1H3,(H,19,23)(H,24,25). The molecule has 0 spiro atoms. The van der Waals surface area contributed by atoms with Gasteiger partial charge in [-0.15, -0.1) is 0 Å². The number of carbonyl (C=O) groups is 2. The summed E-state index contributed by atoms with van der Waals surface area (Å²) in [5, 5.41) is 11.3. The topological polar surface area (TPSA) is 108 Å². The summed E-state index contributed by atoms with van der Waals surface area (Å²) in [4.78, 5) is 41.6. The van der Waals surface area contributed by atoms with Crippen molar-refractivity contribution in [3.05, 3.63) is 63.4 Å². The van der Waals surface area contributed by atoms with Gasteiger partial charge in [0.25, 0.3) is 5.56 Å². The zero-order valence-corrected chi connectivity index (χ0v) is 13.8. The maximum atomic E-state index is 12.0. The number of aromatic amines is 1. The van der Waals surface area contributed by atoms with E-state index in [-0.39, 0.29) is 18.0 Å². The number of benzene rings is 1. The highest BCUT2D eigenvalue weighted by molar-refractivity contribution is 6.31. The molecule has 2 heterocycles. The van der Waals surface area contributed by atoms with Crippen LogP contribution in [0.4, 0.5) is 0 Å². The van der Waals surface area contributed by atoms with Gasteiger partial charge >= 0.3 is 5.97 Å². The summed E-state index contributed by atoms with van der Waals surface area (Å²) in [5.41, 5.74) is -0.106. The first kappa shape index (κ1) is 16.7. The number of carboxylic acids is 1. The molecule has 0 fully saturated rings. The Hall–Kier alpha value is -3.13. The van der Waals surface area contributed by atoms with Crippen molar-refractivity contribution in [3.8, 4) is 0 Å². The number of amides is 1. The second kappa shape index (κ2) is 6.40. The van der Waals surface area contributed by atoms with E-state index in [1.54, 1.807) is 18.3 Å². The Balaban J connectivity index is 2.15. The number of pyridine rings is 1. The Kier molecular flexibility index (Phi) is 4.28. The molecule has 128 valence electrons. The lowest BCUT2D eigenvalue weighted by Crippen LogP contribution is -2.37. The Morgan fingerprint density at radius 1 is 1.36 bits per heavy atom. The molecule has 0 aliphatic rings. The number of aromatic carboxylic acids is 1. The first-order valence-corrected chi connectivity index (χ1v) is 7.59. The molecule has 0 unspecified atom stereocenters. The van der Waals surface area contributed by atoms with Crippen LogP contribution in [0.15, 0.2) is 41.7 Å². The van der Waals surface area contributed by atoms with Crippen LogP contribution in [0.3, 0.4) is 0 Å². The SMILES string of the molecule is CC(=O)N(Cc1cc(Cl)cc2cc(C(=O)O)c(=O)[nH]c12)n1ccnc1. The number of nitrogens with zero attached hydrogens (tertiary/aromatic N) is 3. The number of rotatable bonds is 4. The minimum absolute atomic E-state index is 0.116. The third kappa shape index (κ3) is 3.24. The number of hydrogen-bond donors (Lipinski definition) is 2. The molecule has 1 amide bonds. The van der Waals surface area contributed by atoms with Gasteiger partial charge in [0.1, 0.15) is 11.9 Å². The highest BCUT2D eigenvalue weighted by Crippen LogP contribution is 2.23. The van der Waals surface area contributed by atoms with Crippen molar-refractivity contribution in [3.63, 3.8) is 0 Å². The molecule has 3 aromatic rings. The van der Waals surface area contributed by atoms with Crippen molar-refractivity contribution in [2.75, 3.05) is 5.01 Å². The summed E-state index contributed by atoms with van der Waals surface area (Å²) >= 11 is 6.12. The van der Waals surface area contributed by atoms with Crippen LogP contribution in [0.1, 0.15) is 22.8 Å². The number of carbonyl (C=O) groups excluding carboxylic acids is 1. The zero-order valence-electron chi connectivity index (χ0n) is 13.1. The van der Waals surface area contributed by atoms with Crippen molar-refractivity contribution in [2.45, 2.75) is 13.5 Å². The monoisotopic (exact) mass is 360 g/mol. The summed E-state index contributed by atoms with van der Waals surface area (Å²) in [6.07, 6.45) is 4.62. The molecule has 8 nitrogen and oxygen atoms in total. The predicted octanol–water partition coefficient (Wildman–Crippen LogP) is 1.76. The van der Waals surface area contributed by atoms with Gasteiger partial charge in [0.05, 0.1) is 12.1 Å². The van der Waals surface area contributed by atoms with Crippen LogP contribution in [0, 0.1) is 0 Å². The van der Waals surface area contributed by atoms with Crippen molar-refractivity contribution >= 4 is 34.4 Å². The molecule has 0 saturated heterocycles. The molecule has 3 rings (SSSR count). The maximum Gasteiger partial charge on any atom is 0.341 e. The van der Waals surface area contributed by atoms with Gasteiger partial charge in [0, 0.05) is 29.7 Å². The Morgan fingerprint density at radius 3 is 2.72 bits per heavy atom. The van der Waals surface area contributed by atoms with Gasteiger partial charge in [0.15, 0.2) is 0 Å². The summed E-state index contributed by atoms with van der Waals surface area (Å²) < 4.78 is 1.51. The van der Waals surface area contributed by atoms with Gasteiger partial charge in [-0.2, -0.15) is 0 Å². The van der Waals surface area contributed by atoms with E-state index >= 15 is 0 Å². The molecule has 1 aromatic carbocycles. The fourth-order valence-electron chi connectivity index (χ4n) is 2.55. The third-order valence-corrected chi connectivity index (χ3v) is 3.90. The van der Waals surface area contributed by atoms with E-state index in [1.807, 2.05) is 0 Å². The minimum atomic E-state index is -1.33. The van der Waals surface area contributed by atoms with Crippen LogP contribution in [0.2, 0.25) is 5.02 Å². The highest BCUT2D eigenvalue weighted by Gasteiger charge is 2.17. The van der Waals surface area contributed by atoms with Crippen LogP contribution >= 0.6 is 11.6 Å². The second-order valence-electron chi connectivity index (χ2n) is 5.37. The fraction of sp³-hybridized carbons (Fsp3) is 0.125. The number of imidazole rings is 1. The summed E-state index contributed by atoms with van der Waals surface area (Å²) in [5.74, 6) is -1.57. The molecule has 0 radical (unpaired) electrons. The van der Waals surface area contributed by atoms with E-state index < -0.39 is 11.5 Å². The number of aromatic nitrogens is 3. The first-order valence-electron chi connectivity index (χ1n) is 7.22. The highest BCUT2D eigenvalue weighted by atomic mass is 35.5. The van der Waals surface area contributed by atoms with E-state index in [9.17, 15) is 14.4 Å². The number of carboxylic acid groups (broad SMARTS) is 1. The van der Waals surface area contributed by atoms with Crippen molar-refractivity contribution in [2.24, 2.45) is 0 Å². The van der Waals surface area contributed by atoms with Gasteiger partial charge in [-0.1, -0.05) is 11.6 Å². The smallest absolute Gasteiger partial charge is 0.341 e. The quantitative estimate of drug-likeness (QED) is 0.737. The number of nitrogens with one attached hydrogen (secondary N) is 1. The van der Waals surface area contributed by atoms with E-state index in [0.29, 0.717) is 21.5 Å². The minimum Gasteiger partial charge on any atom is -0.477 e. The summed E-state index contributed by atoms with van der Waals surface area (Å²) in [6.45, 7) is 1.52. The lowest BCUT2D eigenvalue weighted by atomic mass is 10.1. The van der Waals surface area contributed by atoms with Gasteiger partial charge in [-0.05, 0) is 23.8 Å². The van der Waals surface area contributed by atoms with Crippen molar-refractivity contribution in [1.82, 2.24) is 14.6 Å². The molecule has 0 bridgehead atoms. The molecule has 2 aromatic heterocycles. The van der Waals surface area contributed by atoms with E-state index in [1.165, 1.54) is 35.2 Å². The van der Waals surface area contributed by atoms with E-state index in [0.717, 1.165) is 0 Å². The maximum absolute atomic E-state index is 12.0. The molecular formula is C16H13ClN4O4. The van der Waals surface area contributed by atoms with Gasteiger partial charge in [0.2, 0.25) is 5.91 Å². The zero-order chi connectivity index (χ0) is 18.1. The molecular weight excluding hydrogens is 348 g/mol. The summed E-state index contributed by atoms with van der Waals surface area (Å²) in [6, 6.07) is 4.44. The first-order chi connectivity index (χ1) is 11.9. The second-order valence-corrected chi connectivity index (χ2v) is 5.80. The molecule has 9 heteroatoms. The van der Waals surface area contributed by atoms with Crippen LogP contribution in [0.5, 0.6) is 0 Å². The lowest BCUT2D eigenvalue weighted by molar-refractivity contribution is -0.118. The van der Waals surface area contributed by atoms with Crippen molar-refractivity contribution < 1.29 is 14.7 Å². The Labute approximate surface area is 146 Å². The lowest BCUT2D eigenvalue weighted by Gasteiger charge is -2.22. The van der Waals surface area contributed by atoms with Crippen molar-refractivity contribution in [1.29, 1.82) is 0 Å². The predicted molar refractivity (Wildman–Crippen MR) is 91.4 cm³/mol. The van der Waals surface area contributed by atoms with E-state index in [4.69, 9.17) is 16.7 Å². The van der Waals surface area contributed by atoms with Gasteiger partial charge in [-0.3, -0.25) is 9.59 Å². The largest absolute Gasteiger partial charge is 0.477 e. The van der Waals surface area contributed by atoms with Crippen LogP contribution in [-0.4, -0.2) is 31.6 Å². The molecule has 2 N–H and O–H groups in total. The number of halogens is 1. The van der Waals surface area contributed by atoms with Crippen LogP contribution in [0.25, 0.3) is 10.9 Å². The average Bonchev–Trinajstić information content (AvgIpc) is 3.05. The molecule has 0 saturated carbocycles. The number of hydrogen-bond acceptors (Lipinski definition) is 4. The number of fused-ring (bicyclic) bond motifs is 1. The molecule has 0 atom stereocenters. The fourth-order valence-corrected chi connectivity index (χ4v) is 2.80. The normalized spacial score (nSPS) is 10.8. The average molecular weight is 361 g/mol. The summed E-state index contributed by atoms with van der Waals surface area (Å²) in [7, 11) is 0. The Bertz CT molecular complexity index is 1030. The molecule has 25 heavy (non-hydrogen) atoms. The van der Waals surface area contributed by atoms with Crippen LogP contribution < -0.4 is 10.6 Å². The van der Waals surface area contributed by atoms with E-state index in [2.05, 4.69) is 9.97 Å². The third-order valence-electron chi connectivity index (χ3n) is 3.68.